The number of aromatic amines is 1. The van der Waals surface area contributed by atoms with Crippen LogP contribution in [0.1, 0.15) is 5.56 Å². The number of rotatable bonds is 1. The Morgan fingerprint density at radius 3 is 2.80 bits per heavy atom. The zero-order valence-corrected chi connectivity index (χ0v) is 11.6. The molecule has 0 aliphatic heterocycles. The number of nitrogens with one attached hydrogen (secondary N) is 1. The van der Waals surface area contributed by atoms with Gasteiger partial charge in [0.25, 0.3) is 0 Å². The minimum Gasteiger partial charge on any atom is -0.330 e. The third kappa shape index (κ3) is 1.99. The topological polar surface area (TPSA) is 44.5 Å². The van der Waals surface area contributed by atoms with Gasteiger partial charge in [-0.2, -0.15) is 5.26 Å². The number of hydrogen-bond donors (Lipinski definition) is 1. The van der Waals surface area contributed by atoms with Gasteiger partial charge in [0, 0.05) is 6.07 Å². The van der Waals surface area contributed by atoms with E-state index in [1.165, 1.54) is 12.1 Å². The Hall–Kier alpha value is -2.16. The summed E-state index contributed by atoms with van der Waals surface area (Å²) in [6.07, 6.45) is 0. The van der Waals surface area contributed by atoms with Crippen LogP contribution in [-0.2, 0) is 0 Å². The molecule has 3 nitrogen and oxygen atoms in total. The van der Waals surface area contributed by atoms with Crippen LogP contribution in [0.5, 0.6) is 0 Å². The predicted molar refractivity (Wildman–Crippen MR) is 78.1 cm³/mol. The zero-order valence-electron chi connectivity index (χ0n) is 10.0. The SMILES string of the molecule is N#Cc1ccc(Cl)c(-n2c(=S)[nH]c3ccc(F)cc32)c1. The second-order valence-corrected chi connectivity index (χ2v) is 5.00. The van der Waals surface area contributed by atoms with Crippen molar-refractivity contribution in [3.8, 4) is 11.8 Å². The molecular formula is C14H7ClFN3S. The van der Waals surface area contributed by atoms with Crippen LogP contribution in [0, 0.1) is 21.9 Å². The summed E-state index contributed by atoms with van der Waals surface area (Å²) >= 11 is 11.4. The summed E-state index contributed by atoms with van der Waals surface area (Å²) in [5.74, 6) is -0.368. The van der Waals surface area contributed by atoms with Gasteiger partial charge in [0.15, 0.2) is 4.77 Å². The fourth-order valence-corrected chi connectivity index (χ4v) is 2.58. The van der Waals surface area contributed by atoms with Crippen LogP contribution in [0.2, 0.25) is 5.02 Å². The fourth-order valence-electron chi connectivity index (χ4n) is 2.07. The summed E-state index contributed by atoms with van der Waals surface area (Å²) in [5, 5.41) is 9.42. The Balaban J connectivity index is 2.40. The molecular weight excluding hydrogens is 297 g/mol. The Bertz CT molecular complexity index is 920. The van der Waals surface area contributed by atoms with Crippen molar-refractivity contribution >= 4 is 34.9 Å². The number of imidazole rings is 1. The number of nitrogens with zero attached hydrogens (tertiary/aromatic N) is 2. The second kappa shape index (κ2) is 4.75. The van der Waals surface area contributed by atoms with E-state index in [0.717, 1.165) is 0 Å². The van der Waals surface area contributed by atoms with Gasteiger partial charge in [-0.25, -0.2) is 4.39 Å². The summed E-state index contributed by atoms with van der Waals surface area (Å²) in [5.41, 5.74) is 2.28. The molecule has 0 amide bonds. The molecule has 3 rings (SSSR count). The maximum Gasteiger partial charge on any atom is 0.182 e. The highest BCUT2D eigenvalue weighted by Crippen LogP contribution is 2.26. The Morgan fingerprint density at radius 1 is 1.25 bits per heavy atom. The Morgan fingerprint density at radius 2 is 2.05 bits per heavy atom. The highest BCUT2D eigenvalue weighted by Gasteiger charge is 2.11. The highest BCUT2D eigenvalue weighted by atomic mass is 35.5. The molecule has 0 fully saturated rings. The number of hydrogen-bond acceptors (Lipinski definition) is 2. The zero-order chi connectivity index (χ0) is 14.3. The van der Waals surface area contributed by atoms with Crippen molar-refractivity contribution in [3.05, 3.63) is 57.6 Å². The van der Waals surface area contributed by atoms with E-state index in [4.69, 9.17) is 29.1 Å². The van der Waals surface area contributed by atoms with Gasteiger partial charge in [-0.05, 0) is 42.5 Å². The van der Waals surface area contributed by atoms with E-state index in [1.807, 2.05) is 6.07 Å². The lowest BCUT2D eigenvalue weighted by atomic mass is 10.2. The van der Waals surface area contributed by atoms with Crippen molar-refractivity contribution in [2.75, 3.05) is 0 Å². The average molecular weight is 304 g/mol. The average Bonchev–Trinajstić information content (AvgIpc) is 2.75. The maximum atomic E-state index is 13.4. The minimum atomic E-state index is -0.368. The van der Waals surface area contributed by atoms with E-state index >= 15 is 0 Å². The number of aromatic nitrogens is 2. The predicted octanol–water partition coefficient (Wildman–Crippen LogP) is 4.35. The molecule has 0 aliphatic carbocycles. The third-order valence-electron chi connectivity index (χ3n) is 2.96. The van der Waals surface area contributed by atoms with Crippen LogP contribution in [0.3, 0.4) is 0 Å². The number of H-pyrrole nitrogens is 1. The fraction of sp³-hybridized carbons (Fsp3) is 0. The lowest BCUT2D eigenvalue weighted by molar-refractivity contribution is 0.629. The molecule has 0 spiro atoms. The molecule has 1 heterocycles. The summed E-state index contributed by atoms with van der Waals surface area (Å²) in [6.45, 7) is 0. The van der Waals surface area contributed by atoms with E-state index in [2.05, 4.69) is 4.98 Å². The number of benzene rings is 2. The highest BCUT2D eigenvalue weighted by molar-refractivity contribution is 7.71. The van der Waals surface area contributed by atoms with Crippen molar-refractivity contribution < 1.29 is 4.39 Å². The molecule has 3 aromatic rings. The summed E-state index contributed by atoms with van der Waals surface area (Å²) in [4.78, 5) is 2.99. The van der Waals surface area contributed by atoms with E-state index in [9.17, 15) is 4.39 Å². The minimum absolute atomic E-state index is 0.368. The number of halogens is 2. The Labute approximate surface area is 123 Å². The lowest BCUT2D eigenvalue weighted by Crippen LogP contribution is -1.96. The summed E-state index contributed by atoms with van der Waals surface area (Å²) in [6, 6.07) is 11.2. The number of nitriles is 1. The molecule has 0 saturated heterocycles. The maximum absolute atomic E-state index is 13.4. The van der Waals surface area contributed by atoms with Crippen LogP contribution in [0.15, 0.2) is 36.4 Å². The van der Waals surface area contributed by atoms with Crippen molar-refractivity contribution in [3.63, 3.8) is 0 Å². The smallest absolute Gasteiger partial charge is 0.182 e. The molecule has 1 aromatic heterocycles. The van der Waals surface area contributed by atoms with E-state index < -0.39 is 0 Å². The molecule has 0 bridgehead atoms. The van der Waals surface area contributed by atoms with Gasteiger partial charge in [0.1, 0.15) is 5.82 Å². The molecule has 0 radical (unpaired) electrons. The lowest BCUT2D eigenvalue weighted by Gasteiger charge is -2.07. The van der Waals surface area contributed by atoms with Gasteiger partial charge >= 0.3 is 0 Å². The quantitative estimate of drug-likeness (QED) is 0.679. The van der Waals surface area contributed by atoms with Crippen LogP contribution in [-0.4, -0.2) is 9.55 Å². The monoisotopic (exact) mass is 303 g/mol. The molecule has 1 N–H and O–H groups in total. The molecule has 2 aromatic carbocycles. The van der Waals surface area contributed by atoms with Gasteiger partial charge in [-0.1, -0.05) is 11.6 Å². The van der Waals surface area contributed by atoms with Gasteiger partial charge in [-0.15, -0.1) is 0 Å². The van der Waals surface area contributed by atoms with Crippen LogP contribution < -0.4 is 0 Å². The van der Waals surface area contributed by atoms with Gasteiger partial charge in [0.05, 0.1) is 33.4 Å². The van der Waals surface area contributed by atoms with Crippen LogP contribution in [0.4, 0.5) is 4.39 Å². The van der Waals surface area contributed by atoms with Crippen LogP contribution >= 0.6 is 23.8 Å². The largest absolute Gasteiger partial charge is 0.330 e. The standard InChI is InChI=1S/C14H7ClFN3S/c15-10-3-1-8(7-17)5-12(10)19-13-6-9(16)2-4-11(13)18-14(19)20/h1-6H,(H,18,20). The first-order valence-corrected chi connectivity index (χ1v) is 6.49. The summed E-state index contributed by atoms with van der Waals surface area (Å²) in [7, 11) is 0. The molecule has 0 atom stereocenters. The normalized spacial score (nSPS) is 10.7. The van der Waals surface area contributed by atoms with Crippen molar-refractivity contribution in [2.24, 2.45) is 0 Å². The second-order valence-electron chi connectivity index (χ2n) is 4.21. The van der Waals surface area contributed by atoms with Gasteiger partial charge in [0.2, 0.25) is 0 Å². The first-order valence-electron chi connectivity index (χ1n) is 5.70. The van der Waals surface area contributed by atoms with E-state index in [1.54, 1.807) is 28.8 Å². The van der Waals surface area contributed by atoms with Gasteiger partial charge in [-0.3, -0.25) is 4.57 Å². The summed E-state index contributed by atoms with van der Waals surface area (Å²) < 4.78 is 15.5. The number of fused-ring (bicyclic) bond motifs is 1. The first kappa shape index (κ1) is 12.9. The molecule has 0 saturated carbocycles. The molecule has 6 heteroatoms. The Kier molecular flexibility index (Phi) is 3.05. The van der Waals surface area contributed by atoms with E-state index in [0.29, 0.717) is 32.1 Å². The first-order chi connectivity index (χ1) is 9.60. The molecule has 98 valence electrons. The molecule has 0 unspecified atom stereocenters. The third-order valence-corrected chi connectivity index (χ3v) is 3.57. The van der Waals surface area contributed by atoms with Crippen molar-refractivity contribution in [1.29, 1.82) is 5.26 Å². The molecule has 0 aliphatic rings. The van der Waals surface area contributed by atoms with Crippen LogP contribution in [0.25, 0.3) is 16.7 Å². The molecule has 20 heavy (non-hydrogen) atoms. The van der Waals surface area contributed by atoms with Crippen molar-refractivity contribution in [1.82, 2.24) is 9.55 Å². The van der Waals surface area contributed by atoms with E-state index in [-0.39, 0.29) is 5.82 Å². The van der Waals surface area contributed by atoms with Gasteiger partial charge < -0.3 is 4.98 Å². The van der Waals surface area contributed by atoms with Crippen molar-refractivity contribution in [2.45, 2.75) is 0 Å².